The lowest BCUT2D eigenvalue weighted by atomic mass is 9.75. The zero-order valence-corrected chi connectivity index (χ0v) is 12.1. The number of thiophene rings is 1. The van der Waals surface area contributed by atoms with Crippen molar-refractivity contribution < 1.29 is 5.11 Å². The van der Waals surface area contributed by atoms with Crippen molar-refractivity contribution in [3.63, 3.8) is 0 Å². The third-order valence-corrected chi connectivity index (χ3v) is 5.48. The van der Waals surface area contributed by atoms with Crippen LogP contribution < -0.4 is 0 Å². The summed E-state index contributed by atoms with van der Waals surface area (Å²) in [7, 11) is 0. The van der Waals surface area contributed by atoms with Crippen molar-refractivity contribution in [2.24, 2.45) is 0 Å². The predicted molar refractivity (Wildman–Crippen MR) is 80.6 cm³/mol. The molecule has 0 amide bonds. The van der Waals surface area contributed by atoms with E-state index in [4.69, 9.17) is 0 Å². The number of aryl methyl sites for hydroxylation is 1. The largest absolute Gasteiger partial charge is 0.384 e. The summed E-state index contributed by atoms with van der Waals surface area (Å²) < 4.78 is 0. The molecule has 0 unspecified atom stereocenters. The van der Waals surface area contributed by atoms with E-state index in [2.05, 4.69) is 49.4 Å². The van der Waals surface area contributed by atoms with Gasteiger partial charge in [-0.3, -0.25) is 0 Å². The van der Waals surface area contributed by atoms with Crippen LogP contribution in [0.4, 0.5) is 0 Å². The van der Waals surface area contributed by atoms with Crippen molar-refractivity contribution in [2.45, 2.75) is 44.1 Å². The molecule has 0 bridgehead atoms. The van der Waals surface area contributed by atoms with Crippen LogP contribution in [0.5, 0.6) is 0 Å². The molecule has 0 radical (unpaired) electrons. The summed E-state index contributed by atoms with van der Waals surface area (Å²) >= 11 is 1.74. The highest BCUT2D eigenvalue weighted by atomic mass is 32.1. The fourth-order valence-corrected chi connectivity index (χ4v) is 4.10. The molecule has 0 aliphatic heterocycles. The standard InChI is InChI=1S/C17H20OS/c1-13-7-8-16(19-13)17(18)11-9-15(10-12-17)14-5-3-2-4-6-14/h2-8,15,18H,9-12H2,1H3. The van der Waals surface area contributed by atoms with Crippen molar-refractivity contribution in [1.82, 2.24) is 0 Å². The first-order chi connectivity index (χ1) is 9.17. The maximum Gasteiger partial charge on any atom is 0.0988 e. The van der Waals surface area contributed by atoms with E-state index < -0.39 is 5.60 Å². The summed E-state index contributed by atoms with van der Waals surface area (Å²) in [5.74, 6) is 0.613. The van der Waals surface area contributed by atoms with E-state index in [1.54, 1.807) is 11.3 Å². The van der Waals surface area contributed by atoms with E-state index in [1.165, 1.54) is 10.4 Å². The summed E-state index contributed by atoms with van der Waals surface area (Å²) in [4.78, 5) is 2.44. The summed E-state index contributed by atoms with van der Waals surface area (Å²) in [6.07, 6.45) is 3.92. The minimum absolute atomic E-state index is 0.579. The Bertz CT molecular complexity index is 535. The molecule has 1 saturated carbocycles. The van der Waals surface area contributed by atoms with Gasteiger partial charge in [0.2, 0.25) is 0 Å². The second-order valence-electron chi connectivity index (χ2n) is 5.63. The number of aliphatic hydroxyl groups is 1. The lowest BCUT2D eigenvalue weighted by Crippen LogP contribution is -2.29. The third kappa shape index (κ3) is 2.60. The van der Waals surface area contributed by atoms with Crippen molar-refractivity contribution in [3.05, 3.63) is 57.8 Å². The zero-order valence-electron chi connectivity index (χ0n) is 11.3. The highest BCUT2D eigenvalue weighted by Crippen LogP contribution is 2.44. The maximum absolute atomic E-state index is 10.8. The van der Waals surface area contributed by atoms with Gasteiger partial charge in [0, 0.05) is 9.75 Å². The van der Waals surface area contributed by atoms with Crippen LogP contribution in [-0.4, -0.2) is 5.11 Å². The van der Waals surface area contributed by atoms with Gasteiger partial charge in [0.15, 0.2) is 0 Å². The first kappa shape index (κ1) is 12.9. The molecule has 0 saturated heterocycles. The topological polar surface area (TPSA) is 20.2 Å². The van der Waals surface area contributed by atoms with E-state index in [9.17, 15) is 5.11 Å². The second kappa shape index (κ2) is 5.10. The first-order valence-corrected chi connectivity index (χ1v) is 7.83. The van der Waals surface area contributed by atoms with Crippen LogP contribution in [-0.2, 0) is 5.60 Å². The van der Waals surface area contributed by atoms with Crippen LogP contribution in [0.15, 0.2) is 42.5 Å². The average Bonchev–Trinajstić information content (AvgIpc) is 2.88. The Morgan fingerprint density at radius 1 is 1.05 bits per heavy atom. The fourth-order valence-electron chi connectivity index (χ4n) is 3.08. The Balaban J connectivity index is 1.72. The van der Waals surface area contributed by atoms with Gasteiger partial charge in [-0.2, -0.15) is 0 Å². The van der Waals surface area contributed by atoms with Crippen molar-refractivity contribution in [2.75, 3.05) is 0 Å². The van der Waals surface area contributed by atoms with E-state index in [0.29, 0.717) is 5.92 Å². The monoisotopic (exact) mass is 272 g/mol. The molecule has 1 nitrogen and oxygen atoms in total. The summed E-state index contributed by atoms with van der Waals surface area (Å²) in [5, 5.41) is 10.8. The summed E-state index contributed by atoms with van der Waals surface area (Å²) in [5.41, 5.74) is 0.844. The van der Waals surface area contributed by atoms with Gasteiger partial charge in [0.1, 0.15) is 0 Å². The van der Waals surface area contributed by atoms with Gasteiger partial charge in [-0.05, 0) is 56.2 Å². The molecule has 3 rings (SSSR count). The van der Waals surface area contributed by atoms with E-state index in [-0.39, 0.29) is 0 Å². The minimum Gasteiger partial charge on any atom is -0.384 e. The predicted octanol–water partition coefficient (Wildman–Crippen LogP) is 4.60. The van der Waals surface area contributed by atoms with Crippen LogP contribution in [0.1, 0.15) is 46.9 Å². The van der Waals surface area contributed by atoms with E-state index in [0.717, 1.165) is 30.6 Å². The Morgan fingerprint density at radius 2 is 1.74 bits per heavy atom. The van der Waals surface area contributed by atoms with Crippen LogP contribution in [0.25, 0.3) is 0 Å². The molecule has 1 aromatic heterocycles. The Kier molecular flexibility index (Phi) is 3.46. The molecule has 2 aromatic rings. The van der Waals surface area contributed by atoms with Crippen LogP contribution >= 0.6 is 11.3 Å². The van der Waals surface area contributed by atoms with E-state index in [1.807, 2.05) is 0 Å². The smallest absolute Gasteiger partial charge is 0.0988 e. The molecular weight excluding hydrogens is 252 g/mol. The molecule has 1 N–H and O–H groups in total. The van der Waals surface area contributed by atoms with Crippen molar-refractivity contribution >= 4 is 11.3 Å². The SMILES string of the molecule is Cc1ccc(C2(O)CCC(c3ccccc3)CC2)s1. The number of rotatable bonds is 2. The Labute approximate surface area is 118 Å². The lowest BCUT2D eigenvalue weighted by Gasteiger charge is -2.35. The number of benzene rings is 1. The van der Waals surface area contributed by atoms with Crippen LogP contribution in [0.3, 0.4) is 0 Å². The number of hydrogen-bond acceptors (Lipinski definition) is 2. The minimum atomic E-state index is -0.579. The molecule has 2 heteroatoms. The Hall–Kier alpha value is -1.12. The quantitative estimate of drug-likeness (QED) is 0.847. The van der Waals surface area contributed by atoms with Gasteiger partial charge in [-0.25, -0.2) is 0 Å². The Morgan fingerprint density at radius 3 is 2.32 bits per heavy atom. The van der Waals surface area contributed by atoms with Gasteiger partial charge in [-0.1, -0.05) is 30.3 Å². The fraction of sp³-hybridized carbons (Fsp3) is 0.412. The van der Waals surface area contributed by atoms with Crippen molar-refractivity contribution in [3.8, 4) is 0 Å². The molecule has 1 fully saturated rings. The van der Waals surface area contributed by atoms with E-state index >= 15 is 0 Å². The van der Waals surface area contributed by atoms with Gasteiger partial charge >= 0.3 is 0 Å². The molecule has 0 spiro atoms. The summed E-state index contributed by atoms with van der Waals surface area (Å²) in [6, 6.07) is 14.9. The lowest BCUT2D eigenvalue weighted by molar-refractivity contribution is -0.00228. The number of hydrogen-bond donors (Lipinski definition) is 1. The highest BCUT2D eigenvalue weighted by Gasteiger charge is 2.36. The van der Waals surface area contributed by atoms with Gasteiger partial charge in [0.05, 0.1) is 5.60 Å². The van der Waals surface area contributed by atoms with Crippen LogP contribution in [0.2, 0.25) is 0 Å². The zero-order chi connectivity index (χ0) is 13.3. The maximum atomic E-state index is 10.8. The molecule has 19 heavy (non-hydrogen) atoms. The molecule has 1 heterocycles. The molecule has 0 atom stereocenters. The molecular formula is C17H20OS. The van der Waals surface area contributed by atoms with Gasteiger partial charge in [-0.15, -0.1) is 11.3 Å². The second-order valence-corrected chi connectivity index (χ2v) is 6.91. The molecule has 1 aromatic carbocycles. The summed E-state index contributed by atoms with van der Waals surface area (Å²) in [6.45, 7) is 2.10. The third-order valence-electron chi connectivity index (χ3n) is 4.28. The van der Waals surface area contributed by atoms with Crippen molar-refractivity contribution in [1.29, 1.82) is 0 Å². The molecule has 100 valence electrons. The van der Waals surface area contributed by atoms with Gasteiger partial charge in [0.25, 0.3) is 0 Å². The van der Waals surface area contributed by atoms with Crippen LogP contribution in [0, 0.1) is 6.92 Å². The highest BCUT2D eigenvalue weighted by molar-refractivity contribution is 7.12. The van der Waals surface area contributed by atoms with Gasteiger partial charge < -0.3 is 5.11 Å². The normalized spacial score (nSPS) is 27.4. The average molecular weight is 272 g/mol. The molecule has 1 aliphatic rings. The molecule has 1 aliphatic carbocycles. The first-order valence-electron chi connectivity index (χ1n) is 7.02.